The molecule has 0 bridgehead atoms. The molecule has 1 aromatic carbocycles. The number of piperidine rings is 1. The largest absolute Gasteiger partial charge is 0.326 e. The van der Waals surface area contributed by atoms with Crippen LogP contribution in [0.5, 0.6) is 0 Å². The van der Waals surface area contributed by atoms with Gasteiger partial charge in [-0.3, -0.25) is 4.79 Å². The van der Waals surface area contributed by atoms with E-state index in [-0.39, 0.29) is 24.1 Å². The van der Waals surface area contributed by atoms with Crippen LogP contribution in [-0.2, 0) is 14.8 Å². The van der Waals surface area contributed by atoms with Gasteiger partial charge in [0.1, 0.15) is 0 Å². The Balaban J connectivity index is 2.08. The topological polar surface area (TPSA) is 66.5 Å². The van der Waals surface area contributed by atoms with Gasteiger partial charge in [0.2, 0.25) is 15.9 Å². The summed E-state index contributed by atoms with van der Waals surface area (Å²) in [6, 6.07) is 5.34. The van der Waals surface area contributed by atoms with E-state index in [2.05, 4.69) is 5.32 Å². The van der Waals surface area contributed by atoms with E-state index in [0.29, 0.717) is 30.1 Å². The maximum Gasteiger partial charge on any atom is 0.228 e. The third kappa shape index (κ3) is 3.80. The fraction of sp³-hybridized carbons (Fsp3) is 0.533. The molecule has 1 saturated heterocycles. The average Bonchev–Trinajstić information content (AvgIpc) is 2.52. The zero-order valence-electron chi connectivity index (χ0n) is 12.8. The lowest BCUT2D eigenvalue weighted by molar-refractivity contribution is -0.120. The Kier molecular flexibility index (Phi) is 5.47. The molecular formula is C15H21ClN2O3S. The number of rotatable bonds is 4. The Morgan fingerprint density at radius 1 is 1.45 bits per heavy atom. The molecule has 0 aromatic heterocycles. The Hall–Kier alpha value is -1.11. The molecule has 1 fully saturated rings. The van der Waals surface area contributed by atoms with Crippen molar-refractivity contribution < 1.29 is 13.2 Å². The van der Waals surface area contributed by atoms with Gasteiger partial charge < -0.3 is 5.32 Å². The highest BCUT2D eigenvalue weighted by Gasteiger charge is 2.31. The second-order valence-corrected chi connectivity index (χ2v) is 8.16. The lowest BCUT2D eigenvalue weighted by Crippen LogP contribution is -2.44. The van der Waals surface area contributed by atoms with Crippen LogP contribution in [0.4, 0.5) is 5.69 Å². The van der Waals surface area contributed by atoms with E-state index < -0.39 is 10.0 Å². The molecule has 0 aliphatic carbocycles. The van der Waals surface area contributed by atoms with Crippen LogP contribution in [0.1, 0.15) is 25.3 Å². The van der Waals surface area contributed by atoms with Gasteiger partial charge in [-0.15, -0.1) is 0 Å². The van der Waals surface area contributed by atoms with Crippen LogP contribution >= 0.6 is 11.6 Å². The molecule has 1 atom stereocenters. The summed E-state index contributed by atoms with van der Waals surface area (Å²) in [5.41, 5.74) is 1.49. The van der Waals surface area contributed by atoms with Crippen LogP contribution in [-0.4, -0.2) is 37.5 Å². The van der Waals surface area contributed by atoms with Crippen molar-refractivity contribution in [1.82, 2.24) is 4.31 Å². The predicted molar refractivity (Wildman–Crippen MR) is 88.6 cm³/mol. The molecule has 22 heavy (non-hydrogen) atoms. The van der Waals surface area contributed by atoms with E-state index in [1.165, 1.54) is 4.31 Å². The van der Waals surface area contributed by atoms with Crippen LogP contribution in [0.15, 0.2) is 18.2 Å². The van der Waals surface area contributed by atoms with Gasteiger partial charge in [0.15, 0.2) is 0 Å². The molecule has 1 N–H and O–H groups in total. The van der Waals surface area contributed by atoms with E-state index >= 15 is 0 Å². The maximum atomic E-state index is 12.4. The molecule has 0 saturated carbocycles. The van der Waals surface area contributed by atoms with Crippen molar-refractivity contribution in [3.05, 3.63) is 28.8 Å². The van der Waals surface area contributed by atoms with Crippen molar-refractivity contribution in [2.75, 3.05) is 24.2 Å². The predicted octanol–water partition coefficient (Wildman–Crippen LogP) is 2.65. The van der Waals surface area contributed by atoms with Gasteiger partial charge in [-0.25, -0.2) is 12.7 Å². The number of carbonyl (C=O) groups is 1. The fourth-order valence-corrected chi connectivity index (χ4v) is 3.92. The Morgan fingerprint density at radius 3 is 2.86 bits per heavy atom. The SMILES string of the molecule is CCS(=O)(=O)N1CCC[C@@H](C(=O)Nc2cccc(Cl)c2C)C1. The lowest BCUT2D eigenvalue weighted by Gasteiger charge is -2.31. The molecule has 0 unspecified atom stereocenters. The first kappa shape index (κ1) is 17.2. The van der Waals surface area contributed by atoms with Gasteiger partial charge in [-0.2, -0.15) is 0 Å². The van der Waals surface area contributed by atoms with Gasteiger partial charge in [-0.05, 0) is 44.4 Å². The van der Waals surface area contributed by atoms with Crippen LogP contribution in [0, 0.1) is 12.8 Å². The molecule has 1 amide bonds. The monoisotopic (exact) mass is 344 g/mol. The molecule has 5 nitrogen and oxygen atoms in total. The zero-order valence-corrected chi connectivity index (χ0v) is 14.4. The minimum atomic E-state index is -3.24. The zero-order chi connectivity index (χ0) is 16.3. The highest BCUT2D eigenvalue weighted by Crippen LogP contribution is 2.25. The normalized spacial score (nSPS) is 19.9. The molecule has 7 heteroatoms. The summed E-state index contributed by atoms with van der Waals surface area (Å²) in [5.74, 6) is -0.413. The highest BCUT2D eigenvalue weighted by atomic mass is 35.5. The first-order valence-corrected chi connectivity index (χ1v) is 9.37. The van der Waals surface area contributed by atoms with E-state index in [1.54, 1.807) is 25.1 Å². The molecule has 2 rings (SSSR count). The number of amides is 1. The summed E-state index contributed by atoms with van der Waals surface area (Å²) >= 11 is 6.05. The minimum absolute atomic E-state index is 0.0642. The third-order valence-electron chi connectivity index (χ3n) is 4.04. The minimum Gasteiger partial charge on any atom is -0.326 e. The number of carbonyl (C=O) groups excluding carboxylic acids is 1. The number of sulfonamides is 1. The molecule has 0 spiro atoms. The molecule has 1 heterocycles. The molecule has 1 aliphatic heterocycles. The van der Waals surface area contributed by atoms with Gasteiger partial charge in [-0.1, -0.05) is 17.7 Å². The second kappa shape index (κ2) is 6.98. The summed E-state index contributed by atoms with van der Waals surface area (Å²) in [4.78, 5) is 12.4. The standard InChI is InChI=1S/C15H21ClN2O3S/c1-3-22(20,21)18-9-5-6-12(10-18)15(19)17-14-8-4-7-13(16)11(14)2/h4,7-8,12H,3,5-6,9-10H2,1-2H3,(H,17,19)/t12-/m1/s1. The average molecular weight is 345 g/mol. The van der Waals surface area contributed by atoms with Crippen molar-refractivity contribution in [3.63, 3.8) is 0 Å². The second-order valence-electron chi connectivity index (χ2n) is 5.50. The quantitative estimate of drug-likeness (QED) is 0.913. The van der Waals surface area contributed by atoms with Crippen LogP contribution in [0.2, 0.25) is 5.02 Å². The molecular weight excluding hydrogens is 324 g/mol. The number of nitrogens with zero attached hydrogens (tertiary/aromatic N) is 1. The maximum absolute atomic E-state index is 12.4. The Morgan fingerprint density at radius 2 is 2.18 bits per heavy atom. The molecule has 1 aliphatic rings. The summed E-state index contributed by atoms with van der Waals surface area (Å²) in [6.07, 6.45) is 1.40. The van der Waals surface area contributed by atoms with Crippen LogP contribution < -0.4 is 5.32 Å². The van der Waals surface area contributed by atoms with Gasteiger partial charge in [0.25, 0.3) is 0 Å². The van der Waals surface area contributed by atoms with Gasteiger partial charge in [0.05, 0.1) is 11.7 Å². The van der Waals surface area contributed by atoms with E-state index in [9.17, 15) is 13.2 Å². The summed E-state index contributed by atoms with van der Waals surface area (Å²) in [5, 5.41) is 3.46. The fourth-order valence-electron chi connectivity index (χ4n) is 2.57. The smallest absolute Gasteiger partial charge is 0.228 e. The highest BCUT2D eigenvalue weighted by molar-refractivity contribution is 7.89. The van der Waals surface area contributed by atoms with Crippen molar-refractivity contribution in [1.29, 1.82) is 0 Å². The summed E-state index contributed by atoms with van der Waals surface area (Å²) in [7, 11) is -3.24. The first-order valence-electron chi connectivity index (χ1n) is 7.39. The number of nitrogens with one attached hydrogen (secondary N) is 1. The number of hydrogen-bond donors (Lipinski definition) is 1. The van der Waals surface area contributed by atoms with Gasteiger partial charge >= 0.3 is 0 Å². The van der Waals surface area contributed by atoms with Crippen molar-refractivity contribution in [2.24, 2.45) is 5.92 Å². The Labute approximate surface area is 136 Å². The number of hydrogen-bond acceptors (Lipinski definition) is 3. The molecule has 1 aromatic rings. The molecule has 0 radical (unpaired) electrons. The number of benzene rings is 1. The number of halogens is 1. The van der Waals surface area contributed by atoms with Crippen molar-refractivity contribution >= 4 is 33.2 Å². The third-order valence-corrected chi connectivity index (χ3v) is 6.30. The first-order chi connectivity index (χ1) is 10.3. The Bertz CT molecular complexity index is 661. The lowest BCUT2D eigenvalue weighted by atomic mass is 9.98. The van der Waals surface area contributed by atoms with Crippen LogP contribution in [0.3, 0.4) is 0 Å². The van der Waals surface area contributed by atoms with Crippen molar-refractivity contribution in [2.45, 2.75) is 26.7 Å². The summed E-state index contributed by atoms with van der Waals surface area (Å²) in [6.45, 7) is 4.21. The number of anilines is 1. The van der Waals surface area contributed by atoms with E-state index in [4.69, 9.17) is 11.6 Å². The summed E-state index contributed by atoms with van der Waals surface area (Å²) < 4.78 is 25.3. The van der Waals surface area contributed by atoms with Crippen LogP contribution in [0.25, 0.3) is 0 Å². The van der Waals surface area contributed by atoms with Crippen molar-refractivity contribution in [3.8, 4) is 0 Å². The van der Waals surface area contributed by atoms with Gasteiger partial charge in [0, 0.05) is 23.8 Å². The van der Waals surface area contributed by atoms with E-state index in [0.717, 1.165) is 5.56 Å². The molecule has 122 valence electrons. The van der Waals surface area contributed by atoms with E-state index in [1.807, 2.05) is 6.92 Å².